The van der Waals surface area contributed by atoms with Gasteiger partial charge in [-0.2, -0.15) is 0 Å². The molecule has 214 valence electrons. The first-order valence-corrected chi connectivity index (χ1v) is 15.2. The highest BCUT2D eigenvalue weighted by Gasteiger charge is 2.18. The molecule has 6 unspecified atom stereocenters. The molecule has 0 heterocycles. The van der Waals surface area contributed by atoms with Gasteiger partial charge in [0.15, 0.2) is 0 Å². The third-order valence-electron chi connectivity index (χ3n) is 7.00. The van der Waals surface area contributed by atoms with Crippen LogP contribution in [-0.4, -0.2) is 24.1 Å². The van der Waals surface area contributed by atoms with E-state index in [9.17, 15) is 9.59 Å². The summed E-state index contributed by atoms with van der Waals surface area (Å²) in [6, 6.07) is 0. The number of hydrogen-bond acceptors (Lipinski definition) is 4. The number of esters is 2. The average Bonchev–Trinajstić information content (AvgIpc) is 2.68. The largest absolute Gasteiger partial charge is 0.463 e. The molecule has 0 aromatic heterocycles. The van der Waals surface area contributed by atoms with E-state index in [0.717, 1.165) is 62.2 Å². The predicted octanol–water partition coefficient (Wildman–Crippen LogP) is 9.39. The van der Waals surface area contributed by atoms with Crippen LogP contribution >= 0.6 is 0 Å². The van der Waals surface area contributed by atoms with Gasteiger partial charge >= 0.3 is 11.9 Å². The molecular formula is C32H62O4. The highest BCUT2D eigenvalue weighted by Crippen LogP contribution is 2.24. The fourth-order valence-electron chi connectivity index (χ4n) is 6.06. The van der Waals surface area contributed by atoms with Crippen molar-refractivity contribution in [2.45, 2.75) is 158 Å². The standard InChI is InChI=1S/C32H62O4/c1-23(2)17-25(5)19-27(7)21-29(9)35-31(33)15-13-11-12-14-16-32(34)36-30(10)22-28(8)20-26(6)18-24(3)4/h23-30H,11-22H2,1-10H3. The van der Waals surface area contributed by atoms with Gasteiger partial charge in [-0.05, 0) is 101 Å². The fraction of sp³-hybridized carbons (Fsp3) is 0.938. The Hall–Kier alpha value is -1.06. The molecule has 0 bridgehead atoms. The predicted molar refractivity (Wildman–Crippen MR) is 153 cm³/mol. The maximum absolute atomic E-state index is 12.2. The SMILES string of the molecule is CC(C)CC(C)CC(C)CC(C)OC(=O)CCCCCCC(=O)OC(C)CC(C)CC(C)CC(C)C. The Morgan fingerprint density at radius 1 is 0.444 bits per heavy atom. The van der Waals surface area contributed by atoms with Crippen LogP contribution in [-0.2, 0) is 19.1 Å². The molecular weight excluding hydrogens is 448 g/mol. The molecule has 0 fully saturated rings. The highest BCUT2D eigenvalue weighted by molar-refractivity contribution is 5.69. The highest BCUT2D eigenvalue weighted by atomic mass is 16.5. The minimum absolute atomic E-state index is 0.0170. The third kappa shape index (κ3) is 21.1. The van der Waals surface area contributed by atoms with Crippen LogP contribution in [0.15, 0.2) is 0 Å². The van der Waals surface area contributed by atoms with Crippen molar-refractivity contribution in [2.75, 3.05) is 0 Å². The number of carbonyl (C=O) groups is 2. The van der Waals surface area contributed by atoms with E-state index in [-0.39, 0.29) is 24.1 Å². The van der Waals surface area contributed by atoms with Gasteiger partial charge in [0.1, 0.15) is 0 Å². The van der Waals surface area contributed by atoms with Crippen molar-refractivity contribution < 1.29 is 19.1 Å². The van der Waals surface area contributed by atoms with Gasteiger partial charge < -0.3 is 9.47 Å². The molecule has 0 N–H and O–H groups in total. The molecule has 0 saturated heterocycles. The van der Waals surface area contributed by atoms with E-state index in [2.05, 4.69) is 55.4 Å². The quantitative estimate of drug-likeness (QED) is 0.114. The van der Waals surface area contributed by atoms with Crippen molar-refractivity contribution in [3.8, 4) is 0 Å². The summed E-state index contributed by atoms with van der Waals surface area (Å²) in [5, 5.41) is 0. The molecule has 0 amide bonds. The summed E-state index contributed by atoms with van der Waals surface area (Å²) >= 11 is 0. The fourth-order valence-corrected chi connectivity index (χ4v) is 6.06. The van der Waals surface area contributed by atoms with Crippen molar-refractivity contribution in [1.82, 2.24) is 0 Å². The van der Waals surface area contributed by atoms with E-state index in [0.29, 0.717) is 24.7 Å². The second-order valence-corrected chi connectivity index (χ2v) is 13.1. The van der Waals surface area contributed by atoms with E-state index < -0.39 is 0 Å². The van der Waals surface area contributed by atoms with Gasteiger partial charge in [-0.15, -0.1) is 0 Å². The lowest BCUT2D eigenvalue weighted by Crippen LogP contribution is -2.19. The number of hydrogen-bond donors (Lipinski definition) is 0. The Kier molecular flexibility index (Phi) is 19.4. The summed E-state index contributed by atoms with van der Waals surface area (Å²) in [6.45, 7) is 22.3. The van der Waals surface area contributed by atoms with E-state index >= 15 is 0 Å². The lowest BCUT2D eigenvalue weighted by molar-refractivity contribution is -0.150. The first kappa shape index (κ1) is 34.9. The smallest absolute Gasteiger partial charge is 0.306 e. The average molecular weight is 511 g/mol. The van der Waals surface area contributed by atoms with Crippen LogP contribution in [0.3, 0.4) is 0 Å². The Balaban J connectivity index is 3.88. The van der Waals surface area contributed by atoms with Crippen LogP contribution in [0.2, 0.25) is 0 Å². The Morgan fingerprint density at radius 2 is 0.750 bits per heavy atom. The van der Waals surface area contributed by atoms with E-state index in [1.807, 2.05) is 13.8 Å². The zero-order valence-corrected chi connectivity index (χ0v) is 25.7. The summed E-state index contributed by atoms with van der Waals surface area (Å²) in [7, 11) is 0. The van der Waals surface area contributed by atoms with Gasteiger partial charge in [0, 0.05) is 12.8 Å². The maximum Gasteiger partial charge on any atom is 0.306 e. The monoisotopic (exact) mass is 510 g/mol. The van der Waals surface area contributed by atoms with E-state index in [1.165, 1.54) is 25.7 Å². The maximum atomic E-state index is 12.2. The van der Waals surface area contributed by atoms with Gasteiger partial charge in [0.25, 0.3) is 0 Å². The van der Waals surface area contributed by atoms with Crippen LogP contribution < -0.4 is 0 Å². The second kappa shape index (κ2) is 20.0. The van der Waals surface area contributed by atoms with Gasteiger partial charge in [-0.1, -0.05) is 68.2 Å². The minimum Gasteiger partial charge on any atom is -0.463 e. The summed E-state index contributed by atoms with van der Waals surface area (Å²) in [5.74, 6) is 3.87. The lowest BCUT2D eigenvalue weighted by Gasteiger charge is -2.22. The van der Waals surface area contributed by atoms with E-state index in [4.69, 9.17) is 9.47 Å². The molecule has 0 aliphatic carbocycles. The molecule has 4 nitrogen and oxygen atoms in total. The van der Waals surface area contributed by atoms with Crippen LogP contribution in [0, 0.1) is 35.5 Å². The van der Waals surface area contributed by atoms with Gasteiger partial charge in [-0.25, -0.2) is 0 Å². The molecule has 0 aliphatic rings. The Labute approximate surface area is 225 Å². The summed E-state index contributed by atoms with van der Waals surface area (Å²) in [4.78, 5) is 24.4. The first-order valence-electron chi connectivity index (χ1n) is 15.2. The molecule has 0 saturated carbocycles. The van der Waals surface area contributed by atoms with E-state index in [1.54, 1.807) is 0 Å². The molecule has 0 aromatic carbocycles. The van der Waals surface area contributed by atoms with Crippen LogP contribution in [0.1, 0.15) is 146 Å². The molecule has 0 aromatic rings. The lowest BCUT2D eigenvalue weighted by atomic mass is 9.88. The summed E-state index contributed by atoms with van der Waals surface area (Å²) < 4.78 is 11.3. The van der Waals surface area contributed by atoms with Crippen molar-refractivity contribution in [2.24, 2.45) is 35.5 Å². The van der Waals surface area contributed by atoms with Gasteiger partial charge in [0.05, 0.1) is 12.2 Å². The number of rotatable bonds is 21. The second-order valence-electron chi connectivity index (χ2n) is 13.1. The Bertz CT molecular complexity index is 521. The topological polar surface area (TPSA) is 52.6 Å². The Morgan fingerprint density at radius 3 is 1.06 bits per heavy atom. The first-order chi connectivity index (χ1) is 16.8. The van der Waals surface area contributed by atoms with Crippen LogP contribution in [0.4, 0.5) is 0 Å². The van der Waals surface area contributed by atoms with Crippen molar-refractivity contribution in [1.29, 1.82) is 0 Å². The number of unbranched alkanes of at least 4 members (excludes halogenated alkanes) is 3. The molecule has 36 heavy (non-hydrogen) atoms. The van der Waals surface area contributed by atoms with Gasteiger partial charge in [0.2, 0.25) is 0 Å². The molecule has 4 heteroatoms. The zero-order valence-electron chi connectivity index (χ0n) is 25.7. The third-order valence-corrected chi connectivity index (χ3v) is 7.00. The minimum atomic E-state index is -0.0880. The summed E-state index contributed by atoms with van der Waals surface area (Å²) in [5.41, 5.74) is 0. The number of carbonyl (C=O) groups excluding carboxylic acids is 2. The molecule has 0 rings (SSSR count). The van der Waals surface area contributed by atoms with Gasteiger partial charge in [-0.3, -0.25) is 9.59 Å². The van der Waals surface area contributed by atoms with Crippen molar-refractivity contribution in [3.05, 3.63) is 0 Å². The van der Waals surface area contributed by atoms with Crippen LogP contribution in [0.25, 0.3) is 0 Å². The number of ether oxygens (including phenoxy) is 2. The normalized spacial score (nSPS) is 16.9. The molecule has 0 radical (unpaired) electrons. The van der Waals surface area contributed by atoms with Crippen molar-refractivity contribution >= 4 is 11.9 Å². The zero-order chi connectivity index (χ0) is 27.7. The molecule has 6 atom stereocenters. The molecule has 0 spiro atoms. The van der Waals surface area contributed by atoms with Crippen LogP contribution in [0.5, 0.6) is 0 Å². The summed E-state index contributed by atoms with van der Waals surface area (Å²) in [6.07, 6.45) is 11.2. The molecule has 0 aliphatic heterocycles. The van der Waals surface area contributed by atoms with Crippen molar-refractivity contribution in [3.63, 3.8) is 0 Å².